The molecule has 0 bridgehead atoms. The Morgan fingerprint density at radius 2 is 2.14 bits per heavy atom. The molecule has 0 aliphatic carbocycles. The number of amides is 1. The Bertz CT molecular complexity index is 645. The fourth-order valence-corrected chi connectivity index (χ4v) is 4.14. The number of halogens is 1. The molecule has 1 aliphatic rings. The van der Waals surface area contributed by atoms with Crippen LogP contribution in [0.1, 0.15) is 43.9 Å². The molecule has 22 heavy (non-hydrogen) atoms. The van der Waals surface area contributed by atoms with Gasteiger partial charge in [-0.3, -0.25) is 4.79 Å². The number of benzene rings is 1. The second kappa shape index (κ2) is 6.77. The molecular formula is C16H22FNO3S. The van der Waals surface area contributed by atoms with Crippen LogP contribution in [0.3, 0.4) is 0 Å². The molecule has 0 unspecified atom stereocenters. The van der Waals surface area contributed by atoms with Crippen molar-refractivity contribution in [3.8, 4) is 0 Å². The maximum atomic E-state index is 13.3. The van der Waals surface area contributed by atoms with Gasteiger partial charge in [-0.1, -0.05) is 12.1 Å². The molecule has 0 spiro atoms. The first kappa shape index (κ1) is 16.9. The summed E-state index contributed by atoms with van der Waals surface area (Å²) >= 11 is 0. The average molecular weight is 327 g/mol. The molecule has 2 atom stereocenters. The van der Waals surface area contributed by atoms with Crippen LogP contribution in [0.15, 0.2) is 24.3 Å². The largest absolute Gasteiger partial charge is 0.339 e. The second-order valence-corrected chi connectivity index (χ2v) is 8.26. The van der Waals surface area contributed by atoms with E-state index in [9.17, 15) is 17.6 Å². The topological polar surface area (TPSA) is 54.5 Å². The Labute approximate surface area is 131 Å². The molecule has 1 aliphatic heterocycles. The lowest BCUT2D eigenvalue weighted by molar-refractivity contribution is -0.131. The number of sulfone groups is 1. The zero-order valence-electron chi connectivity index (χ0n) is 13.0. The molecule has 0 radical (unpaired) electrons. The molecule has 0 aromatic heterocycles. The van der Waals surface area contributed by atoms with Gasteiger partial charge in [-0.2, -0.15) is 0 Å². The van der Waals surface area contributed by atoms with E-state index in [1.807, 2.05) is 6.92 Å². The van der Waals surface area contributed by atoms with E-state index in [2.05, 4.69) is 0 Å². The number of piperidine rings is 1. The van der Waals surface area contributed by atoms with Crippen molar-refractivity contribution in [2.75, 3.05) is 12.3 Å². The number of rotatable bonds is 4. The standard InChI is InChI=1S/C16H22FNO3S/c1-12-6-3-4-9-18(12)16(19)11-22(20,21)13(2)14-7-5-8-15(17)10-14/h5,7-8,10,12-13H,3-4,6,9,11H2,1-2H3/t12-,13-/m1/s1. The minimum Gasteiger partial charge on any atom is -0.339 e. The van der Waals surface area contributed by atoms with Crippen LogP contribution in [0.25, 0.3) is 0 Å². The van der Waals surface area contributed by atoms with Crippen LogP contribution in [0.5, 0.6) is 0 Å². The molecule has 1 saturated heterocycles. The molecule has 1 aromatic rings. The number of carbonyl (C=O) groups is 1. The van der Waals surface area contributed by atoms with Crippen LogP contribution in [-0.4, -0.2) is 37.6 Å². The van der Waals surface area contributed by atoms with E-state index in [-0.39, 0.29) is 11.9 Å². The molecule has 4 nitrogen and oxygen atoms in total. The van der Waals surface area contributed by atoms with Crippen molar-refractivity contribution in [3.05, 3.63) is 35.6 Å². The zero-order chi connectivity index (χ0) is 16.3. The van der Waals surface area contributed by atoms with Crippen molar-refractivity contribution in [1.29, 1.82) is 0 Å². The molecule has 1 fully saturated rings. The van der Waals surface area contributed by atoms with Gasteiger partial charge < -0.3 is 4.90 Å². The van der Waals surface area contributed by atoms with Gasteiger partial charge in [0.1, 0.15) is 11.6 Å². The first-order valence-electron chi connectivity index (χ1n) is 7.58. The fourth-order valence-electron chi connectivity index (χ4n) is 2.82. The third kappa shape index (κ3) is 3.85. The predicted octanol–water partition coefficient (Wildman–Crippen LogP) is 2.70. The number of hydrogen-bond acceptors (Lipinski definition) is 3. The van der Waals surface area contributed by atoms with E-state index in [4.69, 9.17) is 0 Å². The minimum absolute atomic E-state index is 0.0842. The molecule has 6 heteroatoms. The lowest BCUT2D eigenvalue weighted by Gasteiger charge is -2.33. The van der Waals surface area contributed by atoms with Crippen molar-refractivity contribution in [3.63, 3.8) is 0 Å². The number of likely N-dealkylation sites (tertiary alicyclic amines) is 1. The molecule has 0 N–H and O–H groups in total. The van der Waals surface area contributed by atoms with E-state index in [1.165, 1.54) is 25.1 Å². The van der Waals surface area contributed by atoms with Gasteiger partial charge in [-0.05, 0) is 50.8 Å². The van der Waals surface area contributed by atoms with E-state index >= 15 is 0 Å². The summed E-state index contributed by atoms with van der Waals surface area (Å²) < 4.78 is 38.1. The quantitative estimate of drug-likeness (QED) is 0.854. The van der Waals surface area contributed by atoms with E-state index in [0.29, 0.717) is 12.1 Å². The van der Waals surface area contributed by atoms with Gasteiger partial charge in [0.15, 0.2) is 9.84 Å². The normalized spacial score (nSPS) is 20.7. The molecule has 2 rings (SSSR count). The highest BCUT2D eigenvalue weighted by Crippen LogP contribution is 2.24. The van der Waals surface area contributed by atoms with Crippen LogP contribution in [0.4, 0.5) is 4.39 Å². The monoisotopic (exact) mass is 327 g/mol. The summed E-state index contributed by atoms with van der Waals surface area (Å²) in [5.74, 6) is -1.35. The highest BCUT2D eigenvalue weighted by atomic mass is 32.2. The third-order valence-corrected chi connectivity index (χ3v) is 6.30. The van der Waals surface area contributed by atoms with Crippen LogP contribution < -0.4 is 0 Å². The zero-order valence-corrected chi connectivity index (χ0v) is 13.8. The van der Waals surface area contributed by atoms with Crippen molar-refractivity contribution in [2.45, 2.75) is 44.4 Å². The highest BCUT2D eigenvalue weighted by molar-refractivity contribution is 7.92. The summed E-state index contributed by atoms with van der Waals surface area (Å²) in [7, 11) is -3.66. The van der Waals surface area contributed by atoms with Crippen LogP contribution >= 0.6 is 0 Å². The first-order valence-corrected chi connectivity index (χ1v) is 9.29. The van der Waals surface area contributed by atoms with Gasteiger partial charge in [0.2, 0.25) is 5.91 Å². The van der Waals surface area contributed by atoms with Crippen molar-refractivity contribution < 1.29 is 17.6 Å². The highest BCUT2D eigenvalue weighted by Gasteiger charge is 2.31. The van der Waals surface area contributed by atoms with Crippen LogP contribution in [-0.2, 0) is 14.6 Å². The summed E-state index contributed by atoms with van der Waals surface area (Å²) in [6, 6.07) is 5.60. The first-order chi connectivity index (χ1) is 10.3. The third-order valence-electron chi connectivity index (χ3n) is 4.30. The Morgan fingerprint density at radius 1 is 1.41 bits per heavy atom. The maximum Gasteiger partial charge on any atom is 0.238 e. The van der Waals surface area contributed by atoms with Gasteiger partial charge in [0, 0.05) is 12.6 Å². The van der Waals surface area contributed by atoms with E-state index in [0.717, 1.165) is 19.3 Å². The van der Waals surface area contributed by atoms with E-state index < -0.39 is 26.7 Å². The van der Waals surface area contributed by atoms with Crippen LogP contribution in [0, 0.1) is 5.82 Å². The SMILES string of the molecule is C[C@@H]1CCCCN1C(=O)CS(=O)(=O)[C@H](C)c1cccc(F)c1. The number of carbonyl (C=O) groups excluding carboxylic acids is 1. The molecular weight excluding hydrogens is 305 g/mol. The molecule has 1 aromatic carbocycles. The average Bonchev–Trinajstić information content (AvgIpc) is 2.46. The van der Waals surface area contributed by atoms with Crippen LogP contribution in [0.2, 0.25) is 0 Å². The number of hydrogen-bond donors (Lipinski definition) is 0. The summed E-state index contributed by atoms with van der Waals surface area (Å²) in [4.78, 5) is 14.0. The second-order valence-electron chi connectivity index (χ2n) is 5.94. The lowest BCUT2D eigenvalue weighted by atomic mass is 10.0. The Balaban J connectivity index is 2.11. The Morgan fingerprint density at radius 3 is 2.77 bits per heavy atom. The fraction of sp³-hybridized carbons (Fsp3) is 0.562. The van der Waals surface area contributed by atoms with E-state index in [1.54, 1.807) is 11.0 Å². The maximum absolute atomic E-state index is 13.3. The van der Waals surface area contributed by atoms with Crippen molar-refractivity contribution in [1.82, 2.24) is 4.90 Å². The smallest absolute Gasteiger partial charge is 0.238 e. The van der Waals surface area contributed by atoms with Crippen molar-refractivity contribution >= 4 is 15.7 Å². The summed E-state index contributed by atoms with van der Waals surface area (Å²) in [6.45, 7) is 4.06. The van der Waals surface area contributed by atoms with Gasteiger partial charge in [0.05, 0.1) is 5.25 Å². The summed E-state index contributed by atoms with van der Waals surface area (Å²) in [5.41, 5.74) is 0.375. The van der Waals surface area contributed by atoms with Crippen molar-refractivity contribution in [2.24, 2.45) is 0 Å². The molecule has 122 valence electrons. The summed E-state index contributed by atoms with van der Waals surface area (Å²) in [5, 5.41) is -0.896. The molecule has 1 heterocycles. The van der Waals surface area contributed by atoms with Gasteiger partial charge in [-0.15, -0.1) is 0 Å². The summed E-state index contributed by atoms with van der Waals surface area (Å²) in [6.07, 6.45) is 2.89. The van der Waals surface area contributed by atoms with Gasteiger partial charge in [-0.25, -0.2) is 12.8 Å². The molecule has 1 amide bonds. The van der Waals surface area contributed by atoms with Gasteiger partial charge in [0.25, 0.3) is 0 Å². The lowest BCUT2D eigenvalue weighted by Crippen LogP contribution is -2.45. The Kier molecular flexibility index (Phi) is 5.21. The predicted molar refractivity (Wildman–Crippen MR) is 83.6 cm³/mol. The Hall–Kier alpha value is -1.43. The van der Waals surface area contributed by atoms with Gasteiger partial charge >= 0.3 is 0 Å². The molecule has 0 saturated carbocycles. The number of nitrogens with zero attached hydrogens (tertiary/aromatic N) is 1. The minimum atomic E-state index is -3.66.